The Morgan fingerprint density at radius 2 is 2.11 bits per heavy atom. The van der Waals surface area contributed by atoms with Gasteiger partial charge in [-0.3, -0.25) is 4.79 Å². The lowest BCUT2D eigenvalue weighted by Crippen LogP contribution is -2.43. The Hall–Kier alpha value is -3.16. The van der Waals surface area contributed by atoms with E-state index in [9.17, 15) is 9.90 Å². The lowest BCUT2D eigenvalue weighted by atomic mass is 9.97. The van der Waals surface area contributed by atoms with Crippen molar-refractivity contribution < 1.29 is 9.90 Å². The molecule has 8 nitrogen and oxygen atoms in total. The number of nitrogens with zero attached hydrogens (tertiary/aromatic N) is 4. The highest BCUT2D eigenvalue weighted by atomic mass is 16.3. The summed E-state index contributed by atoms with van der Waals surface area (Å²) in [4.78, 5) is 30.5. The number of H-pyrrole nitrogens is 1. The Kier molecular flexibility index (Phi) is 4.86. The molecule has 1 fully saturated rings. The maximum Gasteiger partial charge on any atom is 0.224 e. The fourth-order valence-electron chi connectivity index (χ4n) is 3.51. The van der Waals surface area contributed by atoms with Crippen LogP contribution in [0.25, 0.3) is 11.2 Å². The quantitative estimate of drug-likeness (QED) is 0.634. The van der Waals surface area contributed by atoms with Crippen LogP contribution in [-0.2, 0) is 11.2 Å². The zero-order valence-corrected chi connectivity index (χ0v) is 14.9. The third-order valence-corrected chi connectivity index (χ3v) is 4.94. The molecule has 3 heterocycles. The van der Waals surface area contributed by atoms with Crippen LogP contribution in [0.5, 0.6) is 5.75 Å². The van der Waals surface area contributed by atoms with Crippen LogP contribution in [0.2, 0.25) is 0 Å². The number of imidazole rings is 1. The van der Waals surface area contributed by atoms with Crippen molar-refractivity contribution in [2.45, 2.75) is 19.3 Å². The third kappa shape index (κ3) is 3.84. The maximum atomic E-state index is 12.6. The number of nitrogens with one attached hydrogen (secondary N) is 2. The molecule has 2 aromatic heterocycles. The van der Waals surface area contributed by atoms with Crippen LogP contribution >= 0.6 is 0 Å². The molecule has 1 aliphatic heterocycles. The summed E-state index contributed by atoms with van der Waals surface area (Å²) in [5.41, 5.74) is 2.53. The standard InChI is InChI=1S/C19H22N6O2/c26-15-5-3-13(4-6-15)7-8-20-19(27)14-2-1-9-25(10-14)18-16-17(22-11-21-16)23-12-24-18/h3-6,11-12,14,26H,1-2,7-10H2,(H,20,27)(H,21,22,23,24)/t14-/m0/s1. The second kappa shape index (κ2) is 7.61. The van der Waals surface area contributed by atoms with E-state index in [0.29, 0.717) is 18.7 Å². The van der Waals surface area contributed by atoms with Crippen LogP contribution in [0.4, 0.5) is 5.82 Å². The summed E-state index contributed by atoms with van der Waals surface area (Å²) >= 11 is 0. The van der Waals surface area contributed by atoms with Gasteiger partial charge in [-0.25, -0.2) is 15.0 Å². The highest BCUT2D eigenvalue weighted by molar-refractivity contribution is 5.84. The molecule has 0 unspecified atom stereocenters. The van der Waals surface area contributed by atoms with Crippen molar-refractivity contribution in [1.29, 1.82) is 0 Å². The minimum Gasteiger partial charge on any atom is -0.508 e. The molecule has 0 saturated carbocycles. The van der Waals surface area contributed by atoms with Crippen LogP contribution in [0.1, 0.15) is 18.4 Å². The normalized spacial score (nSPS) is 17.2. The summed E-state index contributed by atoms with van der Waals surface area (Å²) in [6.07, 6.45) is 5.68. The summed E-state index contributed by atoms with van der Waals surface area (Å²) < 4.78 is 0. The molecule has 8 heteroatoms. The second-order valence-corrected chi connectivity index (χ2v) is 6.79. The minimum atomic E-state index is -0.0634. The Balaban J connectivity index is 1.35. The van der Waals surface area contributed by atoms with E-state index < -0.39 is 0 Å². The molecule has 1 aliphatic rings. The molecule has 4 rings (SSSR count). The SMILES string of the molecule is O=C(NCCc1ccc(O)cc1)[C@H]1CCCN(c2ncnc3nc[nH]c23)C1. The summed E-state index contributed by atoms with van der Waals surface area (Å²) in [5, 5.41) is 12.4. The monoisotopic (exact) mass is 366 g/mol. The van der Waals surface area contributed by atoms with E-state index in [1.807, 2.05) is 12.1 Å². The van der Waals surface area contributed by atoms with Crippen molar-refractivity contribution in [3.05, 3.63) is 42.5 Å². The van der Waals surface area contributed by atoms with Crippen molar-refractivity contribution in [3.8, 4) is 5.75 Å². The van der Waals surface area contributed by atoms with E-state index in [1.54, 1.807) is 18.5 Å². The third-order valence-electron chi connectivity index (χ3n) is 4.94. The van der Waals surface area contributed by atoms with Crippen LogP contribution in [0.15, 0.2) is 36.9 Å². The van der Waals surface area contributed by atoms with Gasteiger partial charge in [0.05, 0.1) is 12.2 Å². The first kappa shape index (κ1) is 17.3. The van der Waals surface area contributed by atoms with Crippen LogP contribution in [0.3, 0.4) is 0 Å². The van der Waals surface area contributed by atoms with Gasteiger partial charge in [0.15, 0.2) is 11.5 Å². The molecule has 27 heavy (non-hydrogen) atoms. The van der Waals surface area contributed by atoms with Crippen LogP contribution < -0.4 is 10.2 Å². The van der Waals surface area contributed by atoms with E-state index in [2.05, 4.69) is 30.2 Å². The molecule has 0 radical (unpaired) electrons. The molecule has 1 aromatic carbocycles. The topological polar surface area (TPSA) is 107 Å². The molecule has 1 saturated heterocycles. The Bertz CT molecular complexity index is 923. The number of carbonyl (C=O) groups is 1. The first-order valence-electron chi connectivity index (χ1n) is 9.15. The molecule has 3 aromatic rings. The predicted octanol–water partition coefficient (Wildman–Crippen LogP) is 1.63. The van der Waals surface area contributed by atoms with Gasteiger partial charge in [0.2, 0.25) is 5.91 Å². The van der Waals surface area contributed by atoms with Crippen molar-refractivity contribution in [2.24, 2.45) is 5.92 Å². The van der Waals surface area contributed by atoms with E-state index >= 15 is 0 Å². The lowest BCUT2D eigenvalue weighted by molar-refractivity contribution is -0.125. The van der Waals surface area contributed by atoms with Gasteiger partial charge < -0.3 is 20.3 Å². The fraction of sp³-hybridized carbons (Fsp3) is 0.368. The number of benzene rings is 1. The number of hydrogen-bond acceptors (Lipinski definition) is 6. The largest absolute Gasteiger partial charge is 0.508 e. The molecule has 3 N–H and O–H groups in total. The molecule has 0 bridgehead atoms. The fourth-order valence-corrected chi connectivity index (χ4v) is 3.51. The molecule has 0 spiro atoms. The van der Waals surface area contributed by atoms with E-state index in [4.69, 9.17) is 0 Å². The number of piperidine rings is 1. The number of rotatable bonds is 5. The molecule has 140 valence electrons. The van der Waals surface area contributed by atoms with Gasteiger partial charge >= 0.3 is 0 Å². The Morgan fingerprint density at radius 1 is 1.26 bits per heavy atom. The van der Waals surface area contributed by atoms with Gasteiger partial charge in [-0.15, -0.1) is 0 Å². The number of anilines is 1. The van der Waals surface area contributed by atoms with Crippen molar-refractivity contribution in [3.63, 3.8) is 0 Å². The number of phenols is 1. The van der Waals surface area contributed by atoms with Crippen LogP contribution in [0, 0.1) is 5.92 Å². The average molecular weight is 366 g/mol. The minimum absolute atomic E-state index is 0.0634. The van der Waals surface area contributed by atoms with Gasteiger partial charge in [-0.2, -0.15) is 0 Å². The average Bonchev–Trinajstić information content (AvgIpc) is 3.18. The van der Waals surface area contributed by atoms with E-state index in [-0.39, 0.29) is 17.6 Å². The molecule has 0 aliphatic carbocycles. The predicted molar refractivity (Wildman–Crippen MR) is 101 cm³/mol. The number of hydrogen-bond donors (Lipinski definition) is 3. The number of carbonyl (C=O) groups excluding carboxylic acids is 1. The first-order valence-corrected chi connectivity index (χ1v) is 9.15. The van der Waals surface area contributed by atoms with Crippen molar-refractivity contribution in [1.82, 2.24) is 25.3 Å². The summed E-state index contributed by atoms with van der Waals surface area (Å²) in [6.45, 7) is 2.08. The number of aromatic nitrogens is 4. The summed E-state index contributed by atoms with van der Waals surface area (Å²) in [5.74, 6) is 1.07. The van der Waals surface area contributed by atoms with Gasteiger partial charge in [-0.05, 0) is 37.0 Å². The number of aromatic amines is 1. The van der Waals surface area contributed by atoms with Gasteiger partial charge in [0.1, 0.15) is 17.6 Å². The zero-order chi connectivity index (χ0) is 18.6. The molecular formula is C19H22N6O2. The van der Waals surface area contributed by atoms with E-state index in [1.165, 1.54) is 6.33 Å². The highest BCUT2D eigenvalue weighted by Crippen LogP contribution is 2.25. The maximum absolute atomic E-state index is 12.6. The lowest BCUT2D eigenvalue weighted by Gasteiger charge is -2.32. The smallest absolute Gasteiger partial charge is 0.224 e. The molecular weight excluding hydrogens is 344 g/mol. The number of amides is 1. The summed E-state index contributed by atoms with van der Waals surface area (Å²) in [6, 6.07) is 7.06. The Morgan fingerprint density at radius 3 is 2.96 bits per heavy atom. The number of phenolic OH excluding ortho intramolecular Hbond substituents is 1. The summed E-state index contributed by atoms with van der Waals surface area (Å²) in [7, 11) is 0. The molecule has 1 amide bonds. The number of fused-ring (bicyclic) bond motifs is 1. The zero-order valence-electron chi connectivity index (χ0n) is 14.9. The first-order chi connectivity index (χ1) is 13.2. The van der Waals surface area contributed by atoms with Crippen molar-refractivity contribution in [2.75, 3.05) is 24.5 Å². The number of aromatic hydroxyl groups is 1. The highest BCUT2D eigenvalue weighted by Gasteiger charge is 2.27. The second-order valence-electron chi connectivity index (χ2n) is 6.79. The van der Waals surface area contributed by atoms with Gasteiger partial charge in [0.25, 0.3) is 0 Å². The molecule has 1 atom stereocenters. The van der Waals surface area contributed by atoms with Crippen LogP contribution in [-0.4, -0.2) is 50.6 Å². The van der Waals surface area contributed by atoms with E-state index in [0.717, 1.165) is 42.7 Å². The Labute approximate surface area is 156 Å². The van der Waals surface area contributed by atoms with Gasteiger partial charge in [-0.1, -0.05) is 12.1 Å². The van der Waals surface area contributed by atoms with Gasteiger partial charge in [0, 0.05) is 19.6 Å². The van der Waals surface area contributed by atoms with Crippen molar-refractivity contribution >= 4 is 22.9 Å².